The molecule has 2 N–H and O–H groups in total. The lowest BCUT2D eigenvalue weighted by atomic mass is 9.94. The van der Waals surface area contributed by atoms with Crippen LogP contribution in [0.3, 0.4) is 0 Å². The number of sulfonamides is 1. The molecule has 0 radical (unpaired) electrons. The Labute approximate surface area is 120 Å². The quantitative estimate of drug-likeness (QED) is 0.885. The van der Waals surface area contributed by atoms with E-state index in [-0.39, 0.29) is 17.0 Å². The van der Waals surface area contributed by atoms with Crippen LogP contribution in [0.15, 0.2) is 23.1 Å². The van der Waals surface area contributed by atoms with Gasteiger partial charge in [0.05, 0.1) is 18.1 Å². The van der Waals surface area contributed by atoms with E-state index in [1.165, 1.54) is 0 Å². The monoisotopic (exact) mass is 299 g/mol. The van der Waals surface area contributed by atoms with Gasteiger partial charge in [-0.05, 0) is 56.4 Å². The Morgan fingerprint density at radius 3 is 2.45 bits per heavy atom. The highest BCUT2D eigenvalue weighted by atomic mass is 32.2. The summed E-state index contributed by atoms with van der Waals surface area (Å²) >= 11 is 0. The first-order valence-corrected chi connectivity index (χ1v) is 8.26. The van der Waals surface area contributed by atoms with E-state index < -0.39 is 10.0 Å². The highest BCUT2D eigenvalue weighted by molar-refractivity contribution is 7.89. The number of ether oxygens (including phenoxy) is 1. The Balaban J connectivity index is 2.12. The van der Waals surface area contributed by atoms with E-state index in [9.17, 15) is 13.5 Å². The Morgan fingerprint density at radius 2 is 1.90 bits per heavy atom. The maximum Gasteiger partial charge on any atom is 0.240 e. The molecule has 0 aliphatic heterocycles. The summed E-state index contributed by atoms with van der Waals surface area (Å²) in [4.78, 5) is 0.252. The predicted octanol–water partition coefficient (Wildman–Crippen LogP) is 1.59. The number of benzene rings is 1. The molecule has 1 saturated carbocycles. The van der Waals surface area contributed by atoms with E-state index in [4.69, 9.17) is 4.74 Å². The van der Waals surface area contributed by atoms with Crippen molar-refractivity contribution in [3.05, 3.63) is 23.8 Å². The molecular weight excluding hydrogens is 278 g/mol. The summed E-state index contributed by atoms with van der Waals surface area (Å²) in [5.74, 6) is 0.671. The predicted molar refractivity (Wildman–Crippen MR) is 76.3 cm³/mol. The molecule has 1 aromatic carbocycles. The van der Waals surface area contributed by atoms with Crippen molar-refractivity contribution < 1.29 is 18.3 Å². The number of rotatable bonds is 4. The highest BCUT2D eigenvalue weighted by Crippen LogP contribution is 2.23. The first-order chi connectivity index (χ1) is 9.42. The molecule has 112 valence electrons. The van der Waals surface area contributed by atoms with Gasteiger partial charge in [0.2, 0.25) is 10.0 Å². The number of hydrogen-bond donors (Lipinski definition) is 2. The van der Waals surface area contributed by atoms with Gasteiger partial charge < -0.3 is 9.84 Å². The number of nitrogens with one attached hydrogen (secondary N) is 1. The number of methoxy groups -OCH3 is 1. The summed E-state index contributed by atoms with van der Waals surface area (Å²) in [6, 6.07) is 4.73. The first kappa shape index (κ1) is 15.3. The normalized spacial score (nSPS) is 23.6. The fourth-order valence-corrected chi connectivity index (χ4v) is 3.89. The molecule has 6 heteroatoms. The van der Waals surface area contributed by atoms with Crippen LogP contribution in [0, 0.1) is 6.92 Å². The molecule has 0 unspecified atom stereocenters. The zero-order chi connectivity index (χ0) is 14.8. The van der Waals surface area contributed by atoms with E-state index in [1.807, 2.05) is 6.92 Å². The minimum Gasteiger partial charge on any atom is -0.496 e. The van der Waals surface area contributed by atoms with Gasteiger partial charge in [-0.25, -0.2) is 13.1 Å². The molecule has 1 aliphatic carbocycles. The third-order valence-corrected chi connectivity index (χ3v) is 5.21. The van der Waals surface area contributed by atoms with Gasteiger partial charge in [-0.2, -0.15) is 0 Å². The second kappa shape index (κ2) is 6.11. The van der Waals surface area contributed by atoms with E-state index in [2.05, 4.69) is 4.72 Å². The zero-order valence-corrected chi connectivity index (χ0v) is 12.6. The summed E-state index contributed by atoms with van der Waals surface area (Å²) in [5, 5.41) is 9.45. The minimum atomic E-state index is -3.51. The van der Waals surface area contributed by atoms with Crippen LogP contribution in [0.5, 0.6) is 5.75 Å². The zero-order valence-electron chi connectivity index (χ0n) is 11.8. The van der Waals surface area contributed by atoms with Crippen molar-refractivity contribution in [2.75, 3.05) is 7.11 Å². The topological polar surface area (TPSA) is 75.6 Å². The van der Waals surface area contributed by atoms with E-state index in [0.29, 0.717) is 31.4 Å². The molecule has 0 amide bonds. The van der Waals surface area contributed by atoms with Gasteiger partial charge in [-0.3, -0.25) is 0 Å². The lowest BCUT2D eigenvalue weighted by Crippen LogP contribution is -2.38. The summed E-state index contributed by atoms with van der Waals surface area (Å²) < 4.78 is 32.5. The van der Waals surface area contributed by atoms with Crippen LogP contribution < -0.4 is 9.46 Å². The van der Waals surface area contributed by atoms with Crippen molar-refractivity contribution in [1.29, 1.82) is 0 Å². The maximum atomic E-state index is 12.3. The van der Waals surface area contributed by atoms with Gasteiger partial charge in [0, 0.05) is 6.04 Å². The second-order valence-electron chi connectivity index (χ2n) is 5.26. The fourth-order valence-electron chi connectivity index (χ4n) is 2.50. The Kier molecular flexibility index (Phi) is 4.67. The molecule has 0 atom stereocenters. The van der Waals surface area contributed by atoms with E-state index in [1.54, 1.807) is 25.3 Å². The smallest absolute Gasteiger partial charge is 0.240 e. The minimum absolute atomic E-state index is 0.0918. The summed E-state index contributed by atoms with van der Waals surface area (Å²) in [6.07, 6.45) is 2.35. The van der Waals surface area contributed by atoms with Crippen molar-refractivity contribution in [3.8, 4) is 5.75 Å². The average molecular weight is 299 g/mol. The molecule has 0 spiro atoms. The fraction of sp³-hybridized carbons (Fsp3) is 0.571. The molecule has 5 nitrogen and oxygen atoms in total. The lowest BCUT2D eigenvalue weighted by molar-refractivity contribution is 0.120. The number of hydrogen-bond acceptors (Lipinski definition) is 4. The summed E-state index contributed by atoms with van der Waals surface area (Å²) in [7, 11) is -1.95. The molecule has 1 aliphatic rings. The number of aryl methyl sites for hydroxylation is 1. The Bertz CT molecular complexity index is 563. The molecule has 1 aromatic rings. The van der Waals surface area contributed by atoms with E-state index >= 15 is 0 Å². The molecule has 0 aromatic heterocycles. The molecule has 0 heterocycles. The van der Waals surface area contributed by atoms with Gasteiger partial charge in [-0.15, -0.1) is 0 Å². The molecule has 2 rings (SSSR count). The molecular formula is C14H21NO4S. The first-order valence-electron chi connectivity index (χ1n) is 6.77. The SMILES string of the molecule is COc1ccc(S(=O)(=O)NC2CCC(O)CC2)cc1C. The van der Waals surface area contributed by atoms with Crippen LogP contribution in [0.25, 0.3) is 0 Å². The van der Waals surface area contributed by atoms with Crippen molar-refractivity contribution in [2.24, 2.45) is 0 Å². The third kappa shape index (κ3) is 3.50. The Morgan fingerprint density at radius 1 is 1.25 bits per heavy atom. The van der Waals surface area contributed by atoms with E-state index in [0.717, 1.165) is 5.56 Å². The van der Waals surface area contributed by atoms with Crippen LogP contribution in [-0.2, 0) is 10.0 Å². The summed E-state index contributed by atoms with van der Waals surface area (Å²) in [5.41, 5.74) is 0.787. The largest absolute Gasteiger partial charge is 0.496 e. The maximum absolute atomic E-state index is 12.3. The number of aliphatic hydroxyl groups is 1. The Hall–Kier alpha value is -1.11. The van der Waals surface area contributed by atoms with Crippen molar-refractivity contribution in [1.82, 2.24) is 4.72 Å². The van der Waals surface area contributed by atoms with Gasteiger partial charge in [0.1, 0.15) is 5.75 Å². The third-order valence-electron chi connectivity index (χ3n) is 3.70. The second-order valence-corrected chi connectivity index (χ2v) is 6.97. The standard InChI is InChI=1S/C14H21NO4S/c1-10-9-13(7-8-14(10)19-2)20(17,18)15-11-3-5-12(16)6-4-11/h7-9,11-12,15-16H,3-6H2,1-2H3. The van der Waals surface area contributed by atoms with Crippen molar-refractivity contribution in [2.45, 2.75) is 49.6 Å². The molecule has 0 saturated heterocycles. The van der Waals surface area contributed by atoms with Gasteiger partial charge in [-0.1, -0.05) is 0 Å². The van der Waals surface area contributed by atoms with Crippen LogP contribution in [0.2, 0.25) is 0 Å². The van der Waals surface area contributed by atoms with Crippen LogP contribution in [-0.4, -0.2) is 32.8 Å². The van der Waals surface area contributed by atoms with Crippen LogP contribution in [0.1, 0.15) is 31.2 Å². The van der Waals surface area contributed by atoms with Crippen molar-refractivity contribution >= 4 is 10.0 Å². The van der Waals surface area contributed by atoms with Crippen LogP contribution in [0.4, 0.5) is 0 Å². The molecule has 0 bridgehead atoms. The molecule has 1 fully saturated rings. The summed E-state index contributed by atoms with van der Waals surface area (Å²) in [6.45, 7) is 1.81. The van der Waals surface area contributed by atoms with Crippen molar-refractivity contribution in [3.63, 3.8) is 0 Å². The van der Waals surface area contributed by atoms with Gasteiger partial charge in [0.15, 0.2) is 0 Å². The highest BCUT2D eigenvalue weighted by Gasteiger charge is 2.25. The molecule has 20 heavy (non-hydrogen) atoms. The number of aliphatic hydroxyl groups excluding tert-OH is 1. The van der Waals surface area contributed by atoms with Gasteiger partial charge >= 0.3 is 0 Å². The van der Waals surface area contributed by atoms with Gasteiger partial charge in [0.25, 0.3) is 0 Å². The lowest BCUT2D eigenvalue weighted by Gasteiger charge is -2.26. The average Bonchev–Trinajstić information content (AvgIpc) is 2.41. The van der Waals surface area contributed by atoms with Crippen LogP contribution >= 0.6 is 0 Å².